The van der Waals surface area contributed by atoms with Gasteiger partial charge in [0.05, 0.1) is 17.2 Å². The number of rotatable bonds is 0. The Morgan fingerprint density at radius 2 is 1.92 bits per heavy atom. The summed E-state index contributed by atoms with van der Waals surface area (Å²) in [6.45, 7) is 0. The van der Waals surface area contributed by atoms with Crippen molar-refractivity contribution >= 4 is 12.6 Å². The van der Waals surface area contributed by atoms with Gasteiger partial charge in [-0.05, 0) is 18.2 Å². The molecule has 0 atom stereocenters. The van der Waals surface area contributed by atoms with Gasteiger partial charge < -0.3 is 0 Å². The highest BCUT2D eigenvalue weighted by atomic mass is 32.1. The van der Waals surface area contributed by atoms with Gasteiger partial charge >= 0.3 is 6.18 Å². The second kappa shape index (κ2) is 3.30. The van der Waals surface area contributed by atoms with Crippen LogP contribution in [0.3, 0.4) is 0 Å². The van der Waals surface area contributed by atoms with Crippen molar-refractivity contribution in [3.05, 3.63) is 29.3 Å². The molecule has 5 heteroatoms. The van der Waals surface area contributed by atoms with Crippen LogP contribution < -0.4 is 0 Å². The predicted molar refractivity (Wildman–Crippen MR) is 43.4 cm³/mol. The highest BCUT2D eigenvalue weighted by molar-refractivity contribution is 7.80. The largest absolute Gasteiger partial charge is 0.417 e. The molecule has 0 bridgehead atoms. The van der Waals surface area contributed by atoms with Crippen molar-refractivity contribution < 1.29 is 13.2 Å². The third-order valence-corrected chi connectivity index (χ3v) is 1.71. The van der Waals surface area contributed by atoms with Crippen LogP contribution in [0.4, 0.5) is 13.2 Å². The van der Waals surface area contributed by atoms with E-state index < -0.39 is 11.7 Å². The van der Waals surface area contributed by atoms with E-state index >= 15 is 0 Å². The second-order valence-corrected chi connectivity index (χ2v) is 2.86. The number of halogens is 3. The molecule has 0 spiro atoms. The average molecular weight is 203 g/mol. The molecule has 0 aliphatic carbocycles. The summed E-state index contributed by atoms with van der Waals surface area (Å²) in [6.07, 6.45) is -4.50. The first kappa shape index (κ1) is 9.93. The molecule has 0 amide bonds. The van der Waals surface area contributed by atoms with Crippen molar-refractivity contribution in [1.82, 2.24) is 0 Å². The normalized spacial score (nSPS) is 11.0. The maximum Gasteiger partial charge on any atom is 0.417 e. The topological polar surface area (TPSA) is 23.8 Å². The molecule has 13 heavy (non-hydrogen) atoms. The van der Waals surface area contributed by atoms with E-state index in [1.165, 1.54) is 12.1 Å². The fourth-order valence-corrected chi connectivity index (χ4v) is 1.07. The fraction of sp³-hybridized carbons (Fsp3) is 0.125. The first-order valence-corrected chi connectivity index (χ1v) is 3.70. The van der Waals surface area contributed by atoms with Crippen LogP contribution in [-0.2, 0) is 6.18 Å². The minimum atomic E-state index is -4.50. The van der Waals surface area contributed by atoms with Crippen molar-refractivity contribution in [3.8, 4) is 6.07 Å². The highest BCUT2D eigenvalue weighted by Gasteiger charge is 2.33. The van der Waals surface area contributed by atoms with E-state index in [0.29, 0.717) is 0 Å². The molecule has 0 saturated heterocycles. The number of alkyl halides is 3. The molecule has 0 heterocycles. The van der Waals surface area contributed by atoms with E-state index in [2.05, 4.69) is 12.6 Å². The minimum absolute atomic E-state index is 0.186. The maximum atomic E-state index is 12.2. The number of benzene rings is 1. The zero-order valence-corrected chi connectivity index (χ0v) is 7.15. The monoisotopic (exact) mass is 203 g/mol. The molecule has 0 fully saturated rings. The lowest BCUT2D eigenvalue weighted by molar-refractivity contribution is -0.137. The third-order valence-electron chi connectivity index (χ3n) is 1.43. The van der Waals surface area contributed by atoms with Gasteiger partial charge in [-0.15, -0.1) is 12.6 Å². The van der Waals surface area contributed by atoms with Crippen LogP contribution in [0.1, 0.15) is 11.1 Å². The lowest BCUT2D eigenvalue weighted by atomic mass is 10.1. The summed E-state index contributed by atoms with van der Waals surface area (Å²) in [7, 11) is 0. The average Bonchev–Trinajstić information content (AvgIpc) is 2.03. The molecule has 1 aromatic rings. The number of nitriles is 1. The van der Waals surface area contributed by atoms with E-state index in [9.17, 15) is 13.2 Å². The van der Waals surface area contributed by atoms with Crippen LogP contribution in [0.5, 0.6) is 0 Å². The summed E-state index contributed by atoms with van der Waals surface area (Å²) in [6, 6.07) is 4.76. The highest BCUT2D eigenvalue weighted by Crippen LogP contribution is 2.32. The van der Waals surface area contributed by atoms with Crippen LogP contribution in [0.25, 0.3) is 0 Å². The van der Waals surface area contributed by atoms with E-state index in [1.54, 1.807) is 0 Å². The Morgan fingerprint density at radius 1 is 1.31 bits per heavy atom. The minimum Gasteiger partial charge on any atom is -0.192 e. The predicted octanol–water partition coefficient (Wildman–Crippen LogP) is 2.87. The molecular formula is C8H4F3NS. The first-order chi connectivity index (χ1) is 5.95. The molecule has 0 aliphatic heterocycles. The summed E-state index contributed by atoms with van der Waals surface area (Å²) >= 11 is 3.76. The van der Waals surface area contributed by atoms with Gasteiger partial charge in [0.15, 0.2) is 0 Å². The van der Waals surface area contributed by atoms with Crippen molar-refractivity contribution in [2.45, 2.75) is 11.1 Å². The van der Waals surface area contributed by atoms with Crippen LogP contribution in [0.2, 0.25) is 0 Å². The summed E-state index contributed by atoms with van der Waals surface area (Å²) in [4.78, 5) is 0.186. The number of nitrogens with zero attached hydrogens (tertiary/aromatic N) is 1. The van der Waals surface area contributed by atoms with Gasteiger partial charge in [0.2, 0.25) is 0 Å². The van der Waals surface area contributed by atoms with Crippen molar-refractivity contribution in [3.63, 3.8) is 0 Å². The lowest BCUT2D eigenvalue weighted by Gasteiger charge is -2.08. The van der Waals surface area contributed by atoms with Gasteiger partial charge in [-0.2, -0.15) is 18.4 Å². The van der Waals surface area contributed by atoms with Gasteiger partial charge in [0.25, 0.3) is 0 Å². The third kappa shape index (κ3) is 2.16. The summed E-state index contributed by atoms with van der Waals surface area (Å²) in [5.74, 6) is 0. The molecule has 0 unspecified atom stereocenters. The number of thiol groups is 1. The lowest BCUT2D eigenvalue weighted by Crippen LogP contribution is -2.07. The molecular weight excluding hydrogens is 199 g/mol. The molecule has 0 N–H and O–H groups in total. The quantitative estimate of drug-likeness (QED) is 0.644. The Labute approximate surface area is 78.2 Å². The molecule has 0 aliphatic rings. The Morgan fingerprint density at radius 3 is 2.38 bits per heavy atom. The summed E-state index contributed by atoms with van der Waals surface area (Å²) in [5, 5.41) is 8.40. The molecule has 1 nitrogen and oxygen atoms in total. The summed E-state index contributed by atoms with van der Waals surface area (Å²) < 4.78 is 36.7. The van der Waals surface area contributed by atoms with Crippen LogP contribution in [0.15, 0.2) is 23.1 Å². The Bertz CT molecular complexity index is 365. The van der Waals surface area contributed by atoms with Gasteiger partial charge in [-0.3, -0.25) is 0 Å². The first-order valence-electron chi connectivity index (χ1n) is 3.25. The summed E-state index contributed by atoms with van der Waals surface area (Å²) in [5.41, 5.74) is -1.33. The molecule has 0 radical (unpaired) electrons. The van der Waals surface area contributed by atoms with Gasteiger partial charge in [0.1, 0.15) is 0 Å². The van der Waals surface area contributed by atoms with Crippen LogP contribution >= 0.6 is 12.6 Å². The number of hydrogen-bond donors (Lipinski definition) is 1. The molecule has 1 rings (SSSR count). The standard InChI is InChI=1S/C8H4F3NS/c9-8(10,11)7-3-6(13)2-1-5(7)4-12/h1-3,13H. The van der Waals surface area contributed by atoms with Crippen molar-refractivity contribution in [2.24, 2.45) is 0 Å². The van der Waals surface area contributed by atoms with Crippen molar-refractivity contribution in [1.29, 1.82) is 5.26 Å². The molecule has 68 valence electrons. The van der Waals surface area contributed by atoms with Crippen molar-refractivity contribution in [2.75, 3.05) is 0 Å². The second-order valence-electron chi connectivity index (χ2n) is 2.34. The zero-order chi connectivity index (χ0) is 10.1. The zero-order valence-electron chi connectivity index (χ0n) is 6.26. The fourth-order valence-electron chi connectivity index (χ4n) is 0.864. The van der Waals surface area contributed by atoms with E-state index in [0.717, 1.165) is 12.1 Å². The Balaban J connectivity index is 3.35. The SMILES string of the molecule is N#Cc1ccc(S)cc1C(F)(F)F. The van der Waals surface area contributed by atoms with E-state index in [4.69, 9.17) is 5.26 Å². The molecule has 0 aromatic heterocycles. The van der Waals surface area contributed by atoms with Crippen LogP contribution in [-0.4, -0.2) is 0 Å². The van der Waals surface area contributed by atoms with Gasteiger partial charge in [0, 0.05) is 4.90 Å². The van der Waals surface area contributed by atoms with Gasteiger partial charge in [-0.25, -0.2) is 0 Å². The molecule has 1 aromatic carbocycles. The van der Waals surface area contributed by atoms with Crippen LogP contribution in [0, 0.1) is 11.3 Å². The Kier molecular flexibility index (Phi) is 2.52. The van der Waals surface area contributed by atoms with E-state index in [1.807, 2.05) is 0 Å². The smallest absolute Gasteiger partial charge is 0.192 e. The molecule has 0 saturated carbocycles. The Hall–Kier alpha value is -1.15. The number of hydrogen-bond acceptors (Lipinski definition) is 2. The van der Waals surface area contributed by atoms with Gasteiger partial charge in [-0.1, -0.05) is 0 Å². The maximum absolute atomic E-state index is 12.2. The van der Waals surface area contributed by atoms with E-state index in [-0.39, 0.29) is 10.5 Å².